The molecule has 0 aliphatic carbocycles. The standard InChI is InChI=1S/C20H23NO3/c1-14-8-4-5-9-15(14)16-10-7-13-21(16)20(22)19-17(23-2)11-6-12-18(19)24-3/h4-6,8-9,11-12,16H,7,10,13H2,1-3H3/t16-/m0/s1. The number of ether oxygens (including phenoxy) is 2. The summed E-state index contributed by atoms with van der Waals surface area (Å²) >= 11 is 0. The van der Waals surface area contributed by atoms with Gasteiger partial charge in [-0.1, -0.05) is 30.3 Å². The summed E-state index contributed by atoms with van der Waals surface area (Å²) in [7, 11) is 3.16. The van der Waals surface area contributed by atoms with Gasteiger partial charge in [-0.15, -0.1) is 0 Å². The largest absolute Gasteiger partial charge is 0.496 e. The first-order valence-corrected chi connectivity index (χ1v) is 8.25. The predicted octanol–water partition coefficient (Wildman–Crippen LogP) is 3.99. The van der Waals surface area contributed by atoms with Gasteiger partial charge in [0.1, 0.15) is 17.1 Å². The molecule has 0 spiro atoms. The van der Waals surface area contributed by atoms with E-state index in [-0.39, 0.29) is 11.9 Å². The number of nitrogens with zero attached hydrogens (tertiary/aromatic N) is 1. The van der Waals surface area contributed by atoms with E-state index in [1.807, 2.05) is 23.1 Å². The topological polar surface area (TPSA) is 38.8 Å². The summed E-state index contributed by atoms with van der Waals surface area (Å²) in [5, 5.41) is 0. The number of amides is 1. The molecule has 1 atom stereocenters. The van der Waals surface area contributed by atoms with Crippen LogP contribution < -0.4 is 9.47 Å². The van der Waals surface area contributed by atoms with Crippen molar-refractivity contribution in [1.82, 2.24) is 4.90 Å². The Morgan fingerprint density at radius 1 is 1.04 bits per heavy atom. The lowest BCUT2D eigenvalue weighted by atomic mass is 9.99. The van der Waals surface area contributed by atoms with Crippen molar-refractivity contribution in [1.29, 1.82) is 0 Å². The van der Waals surface area contributed by atoms with Crippen LogP contribution in [-0.2, 0) is 0 Å². The Hall–Kier alpha value is -2.49. The lowest BCUT2D eigenvalue weighted by Gasteiger charge is -2.27. The first-order valence-electron chi connectivity index (χ1n) is 8.25. The number of carbonyl (C=O) groups is 1. The molecular weight excluding hydrogens is 302 g/mol. The molecule has 1 heterocycles. The molecule has 1 saturated heterocycles. The van der Waals surface area contributed by atoms with Gasteiger partial charge in [-0.2, -0.15) is 0 Å². The summed E-state index contributed by atoms with van der Waals surface area (Å²) in [6, 6.07) is 13.8. The summed E-state index contributed by atoms with van der Waals surface area (Å²) in [6.07, 6.45) is 1.98. The third-order valence-corrected chi connectivity index (χ3v) is 4.70. The Bertz CT molecular complexity index is 719. The second kappa shape index (κ2) is 6.95. The smallest absolute Gasteiger partial charge is 0.261 e. The molecule has 2 aromatic rings. The molecule has 1 aliphatic heterocycles. The second-order valence-corrected chi connectivity index (χ2v) is 6.05. The molecular formula is C20H23NO3. The quantitative estimate of drug-likeness (QED) is 0.853. The molecule has 1 fully saturated rings. The van der Waals surface area contributed by atoms with Gasteiger partial charge in [0.15, 0.2) is 0 Å². The van der Waals surface area contributed by atoms with E-state index < -0.39 is 0 Å². The van der Waals surface area contributed by atoms with Gasteiger partial charge >= 0.3 is 0 Å². The highest BCUT2D eigenvalue weighted by molar-refractivity contribution is 6.00. The van der Waals surface area contributed by atoms with Gasteiger partial charge in [-0.3, -0.25) is 4.79 Å². The summed E-state index contributed by atoms with van der Waals surface area (Å²) in [4.78, 5) is 15.2. The zero-order valence-corrected chi connectivity index (χ0v) is 14.4. The van der Waals surface area contributed by atoms with Crippen LogP contribution >= 0.6 is 0 Å². The molecule has 1 amide bonds. The Morgan fingerprint density at radius 3 is 2.33 bits per heavy atom. The van der Waals surface area contributed by atoms with Crippen molar-refractivity contribution in [2.45, 2.75) is 25.8 Å². The van der Waals surface area contributed by atoms with E-state index in [2.05, 4.69) is 19.1 Å². The van der Waals surface area contributed by atoms with Crippen LogP contribution in [0.3, 0.4) is 0 Å². The number of benzene rings is 2. The number of hydrogen-bond donors (Lipinski definition) is 0. The van der Waals surface area contributed by atoms with Crippen molar-refractivity contribution in [3.8, 4) is 11.5 Å². The van der Waals surface area contributed by atoms with Gasteiger partial charge in [0.25, 0.3) is 5.91 Å². The third kappa shape index (κ3) is 2.84. The highest BCUT2D eigenvalue weighted by Gasteiger charge is 2.34. The maximum absolute atomic E-state index is 13.3. The van der Waals surface area contributed by atoms with E-state index in [1.165, 1.54) is 11.1 Å². The molecule has 4 nitrogen and oxygen atoms in total. The minimum absolute atomic E-state index is 0.0324. The molecule has 0 aromatic heterocycles. The van der Waals surface area contributed by atoms with Crippen LogP contribution in [0.4, 0.5) is 0 Å². The van der Waals surface area contributed by atoms with Crippen molar-refractivity contribution < 1.29 is 14.3 Å². The van der Waals surface area contributed by atoms with Crippen LogP contribution in [0.25, 0.3) is 0 Å². The van der Waals surface area contributed by atoms with Gasteiger partial charge in [-0.05, 0) is 43.0 Å². The Kier molecular flexibility index (Phi) is 4.74. The van der Waals surface area contributed by atoms with Crippen LogP contribution in [0, 0.1) is 6.92 Å². The molecule has 4 heteroatoms. The Balaban J connectivity index is 2.00. The molecule has 0 unspecified atom stereocenters. The number of carbonyl (C=O) groups excluding carboxylic acids is 1. The Labute approximate surface area is 143 Å². The average molecular weight is 325 g/mol. The summed E-state index contributed by atoms with van der Waals surface area (Å²) in [6.45, 7) is 2.85. The van der Waals surface area contributed by atoms with Gasteiger partial charge < -0.3 is 14.4 Å². The molecule has 0 saturated carbocycles. The fourth-order valence-corrected chi connectivity index (χ4v) is 3.50. The summed E-state index contributed by atoms with van der Waals surface area (Å²) in [5.74, 6) is 1.07. The lowest BCUT2D eigenvalue weighted by Crippen LogP contribution is -2.31. The second-order valence-electron chi connectivity index (χ2n) is 6.05. The van der Waals surface area contributed by atoms with Crippen LogP contribution in [0.5, 0.6) is 11.5 Å². The monoisotopic (exact) mass is 325 g/mol. The Morgan fingerprint density at radius 2 is 1.71 bits per heavy atom. The molecule has 3 rings (SSSR count). The highest BCUT2D eigenvalue weighted by atomic mass is 16.5. The number of hydrogen-bond acceptors (Lipinski definition) is 3. The lowest BCUT2D eigenvalue weighted by molar-refractivity contribution is 0.0728. The van der Waals surface area contributed by atoms with Crippen molar-refractivity contribution >= 4 is 5.91 Å². The fraction of sp³-hybridized carbons (Fsp3) is 0.350. The molecule has 126 valence electrons. The minimum atomic E-state index is -0.0324. The molecule has 1 aliphatic rings. The van der Waals surface area contributed by atoms with Crippen molar-refractivity contribution in [2.24, 2.45) is 0 Å². The van der Waals surface area contributed by atoms with E-state index in [0.29, 0.717) is 17.1 Å². The number of aryl methyl sites for hydroxylation is 1. The number of likely N-dealkylation sites (tertiary alicyclic amines) is 1. The predicted molar refractivity (Wildman–Crippen MR) is 93.7 cm³/mol. The normalized spacial score (nSPS) is 17.0. The number of methoxy groups -OCH3 is 2. The molecule has 24 heavy (non-hydrogen) atoms. The maximum Gasteiger partial charge on any atom is 0.261 e. The number of rotatable bonds is 4. The molecule has 0 N–H and O–H groups in total. The zero-order valence-electron chi connectivity index (χ0n) is 14.4. The maximum atomic E-state index is 13.3. The minimum Gasteiger partial charge on any atom is -0.496 e. The van der Waals surface area contributed by atoms with Crippen molar-refractivity contribution in [3.05, 3.63) is 59.2 Å². The molecule has 0 radical (unpaired) electrons. The van der Waals surface area contributed by atoms with E-state index in [9.17, 15) is 4.79 Å². The zero-order chi connectivity index (χ0) is 17.1. The summed E-state index contributed by atoms with van der Waals surface area (Å²) in [5.41, 5.74) is 2.94. The van der Waals surface area contributed by atoms with Gasteiger partial charge in [0.05, 0.1) is 20.3 Å². The molecule has 2 aromatic carbocycles. The highest BCUT2D eigenvalue weighted by Crippen LogP contribution is 2.38. The van der Waals surface area contributed by atoms with Crippen molar-refractivity contribution in [2.75, 3.05) is 20.8 Å². The SMILES string of the molecule is COc1cccc(OC)c1C(=O)N1CCC[C@H]1c1ccccc1C. The fourth-order valence-electron chi connectivity index (χ4n) is 3.50. The van der Waals surface area contributed by atoms with E-state index in [0.717, 1.165) is 19.4 Å². The van der Waals surface area contributed by atoms with E-state index >= 15 is 0 Å². The summed E-state index contributed by atoms with van der Waals surface area (Å²) < 4.78 is 10.8. The van der Waals surface area contributed by atoms with Crippen molar-refractivity contribution in [3.63, 3.8) is 0 Å². The van der Waals surface area contributed by atoms with Crippen LogP contribution in [0.2, 0.25) is 0 Å². The van der Waals surface area contributed by atoms with Gasteiger partial charge in [-0.25, -0.2) is 0 Å². The van der Waals surface area contributed by atoms with Crippen LogP contribution in [0.1, 0.15) is 40.4 Å². The average Bonchev–Trinajstić information content (AvgIpc) is 3.10. The first-order chi connectivity index (χ1) is 11.7. The van der Waals surface area contributed by atoms with Gasteiger partial charge in [0.2, 0.25) is 0 Å². The third-order valence-electron chi connectivity index (χ3n) is 4.70. The van der Waals surface area contributed by atoms with E-state index in [1.54, 1.807) is 26.4 Å². The van der Waals surface area contributed by atoms with Gasteiger partial charge in [0, 0.05) is 6.54 Å². The van der Waals surface area contributed by atoms with Crippen LogP contribution in [-0.4, -0.2) is 31.6 Å². The van der Waals surface area contributed by atoms with Crippen LogP contribution in [0.15, 0.2) is 42.5 Å². The van der Waals surface area contributed by atoms with E-state index in [4.69, 9.17) is 9.47 Å². The molecule has 0 bridgehead atoms. The first kappa shape index (κ1) is 16.4.